The first kappa shape index (κ1) is 4.72. The van der Waals surface area contributed by atoms with Crippen molar-refractivity contribution in [3.05, 3.63) is 12.2 Å². The summed E-state index contributed by atoms with van der Waals surface area (Å²) in [5.74, 6) is 0. The van der Waals surface area contributed by atoms with Gasteiger partial charge in [0.2, 0.25) is 0 Å². The fraction of sp³-hybridized carbons (Fsp3) is 0. The van der Waals surface area contributed by atoms with E-state index in [-0.39, 0.29) is 5.57 Å². The molecule has 0 atom stereocenters. The Morgan fingerprint density at radius 1 is 1.33 bits per heavy atom. The van der Waals surface area contributed by atoms with Gasteiger partial charge < -0.3 is 0 Å². The Kier molecular flexibility index (Phi) is 1.56. The first-order chi connectivity index (χ1) is 2.81. The van der Waals surface area contributed by atoms with Crippen LogP contribution in [-0.2, 0) is 0 Å². The van der Waals surface area contributed by atoms with Crippen molar-refractivity contribution in [2.45, 2.75) is 0 Å². The van der Waals surface area contributed by atoms with Crippen LogP contribution in [0.25, 0.3) is 0 Å². The van der Waals surface area contributed by atoms with Crippen LogP contribution in [0.1, 0.15) is 0 Å². The highest BCUT2D eigenvalue weighted by molar-refractivity contribution is 5.29. The third kappa shape index (κ3) is 1.09. The number of nitrogens with zero attached hydrogens (tertiary/aromatic N) is 2. The Balaban J connectivity index is 3.75. The summed E-state index contributed by atoms with van der Waals surface area (Å²) in [7, 11) is 0. The Morgan fingerprint density at radius 2 is 1.67 bits per heavy atom. The van der Waals surface area contributed by atoms with E-state index in [2.05, 4.69) is 6.58 Å². The third-order valence-electron chi connectivity index (χ3n) is 0.241. The number of nitriles is 2. The first-order valence-electron chi connectivity index (χ1n) is 1.24. The van der Waals surface area contributed by atoms with E-state index in [0.717, 1.165) is 0 Å². The zero-order valence-electron chi connectivity index (χ0n) is 2.97. The standard InChI is InChI=1S/C4HN2/c1-4(2-5)3-6/h1H. The molecule has 27 valence electrons. The number of hydrogen-bond donors (Lipinski definition) is 0. The monoisotopic (exact) mass is 77.0 g/mol. The van der Waals surface area contributed by atoms with Gasteiger partial charge in [0.25, 0.3) is 0 Å². The van der Waals surface area contributed by atoms with Crippen molar-refractivity contribution >= 4 is 0 Å². The van der Waals surface area contributed by atoms with Crippen LogP contribution >= 0.6 is 0 Å². The summed E-state index contributed by atoms with van der Waals surface area (Å²) in [6, 6.07) is 2.90. The summed E-state index contributed by atoms with van der Waals surface area (Å²) in [6.07, 6.45) is 0. The molecule has 0 bridgehead atoms. The molecule has 0 aliphatic rings. The van der Waals surface area contributed by atoms with Gasteiger partial charge >= 0.3 is 0 Å². The second-order valence-corrected chi connectivity index (χ2v) is 0.637. The van der Waals surface area contributed by atoms with Crippen LogP contribution in [0.3, 0.4) is 0 Å². The van der Waals surface area contributed by atoms with Crippen LogP contribution in [-0.4, -0.2) is 0 Å². The maximum atomic E-state index is 7.70. The fourth-order valence-electron chi connectivity index (χ4n) is 0.0250. The molecular formula is C4HN2. The molecule has 0 saturated carbocycles. The number of rotatable bonds is 0. The summed E-state index contributed by atoms with van der Waals surface area (Å²) in [4.78, 5) is 0. The molecule has 0 aromatic carbocycles. The van der Waals surface area contributed by atoms with E-state index in [1.54, 1.807) is 0 Å². The Labute approximate surface area is 35.9 Å². The largest absolute Gasteiger partial charge is 0.192 e. The molecule has 1 radical (unpaired) electrons. The molecule has 0 amide bonds. The fourth-order valence-corrected chi connectivity index (χ4v) is 0.0250. The predicted molar refractivity (Wildman–Crippen MR) is 19.0 cm³/mol. The summed E-state index contributed by atoms with van der Waals surface area (Å²) >= 11 is 0. The summed E-state index contributed by atoms with van der Waals surface area (Å²) in [5, 5.41) is 15.4. The zero-order chi connectivity index (χ0) is 4.99. The topological polar surface area (TPSA) is 47.6 Å². The molecule has 0 unspecified atom stereocenters. The molecule has 0 spiro atoms. The van der Waals surface area contributed by atoms with Gasteiger partial charge in [-0.05, 0) is 6.58 Å². The maximum Gasteiger partial charge on any atom is 0.129 e. The molecule has 2 heteroatoms. The van der Waals surface area contributed by atoms with E-state index in [1.165, 1.54) is 12.1 Å². The van der Waals surface area contributed by atoms with Gasteiger partial charge in [-0.25, -0.2) is 0 Å². The van der Waals surface area contributed by atoms with Crippen LogP contribution in [0.5, 0.6) is 0 Å². The van der Waals surface area contributed by atoms with E-state index in [9.17, 15) is 0 Å². The van der Waals surface area contributed by atoms with Crippen molar-refractivity contribution in [2.75, 3.05) is 0 Å². The minimum Gasteiger partial charge on any atom is -0.192 e. The van der Waals surface area contributed by atoms with E-state index >= 15 is 0 Å². The van der Waals surface area contributed by atoms with Gasteiger partial charge in [-0.15, -0.1) is 0 Å². The molecule has 0 aromatic rings. The highest BCUT2D eigenvalue weighted by atomic mass is 14.3. The SMILES string of the molecule is [CH]=C(C#N)C#N. The lowest BCUT2D eigenvalue weighted by atomic mass is 10.4. The molecule has 0 fully saturated rings. The summed E-state index contributed by atoms with van der Waals surface area (Å²) in [6.45, 7) is 4.67. The van der Waals surface area contributed by atoms with Gasteiger partial charge in [-0.1, -0.05) is 0 Å². The number of allylic oxidation sites excluding steroid dienone is 1. The molecule has 0 rings (SSSR count). The maximum absolute atomic E-state index is 7.70. The minimum absolute atomic E-state index is 0.296. The second kappa shape index (κ2) is 1.99. The van der Waals surface area contributed by atoms with Crippen molar-refractivity contribution in [3.63, 3.8) is 0 Å². The Morgan fingerprint density at radius 3 is 1.67 bits per heavy atom. The van der Waals surface area contributed by atoms with Crippen molar-refractivity contribution in [2.24, 2.45) is 0 Å². The van der Waals surface area contributed by atoms with Gasteiger partial charge in [0, 0.05) is 0 Å². The van der Waals surface area contributed by atoms with Crippen molar-refractivity contribution < 1.29 is 0 Å². The molecule has 2 nitrogen and oxygen atoms in total. The van der Waals surface area contributed by atoms with Crippen molar-refractivity contribution in [1.29, 1.82) is 10.5 Å². The zero-order valence-corrected chi connectivity index (χ0v) is 2.97. The van der Waals surface area contributed by atoms with Gasteiger partial charge in [0.1, 0.15) is 17.7 Å². The molecule has 0 heterocycles. The predicted octanol–water partition coefficient (Wildman–Crippen LogP) is 0.393. The normalized spacial score (nSPS) is 5.00. The van der Waals surface area contributed by atoms with Crippen molar-refractivity contribution in [1.82, 2.24) is 0 Å². The average Bonchev–Trinajstić information content (AvgIpc) is 1.65. The summed E-state index contributed by atoms with van der Waals surface area (Å²) < 4.78 is 0. The highest BCUT2D eigenvalue weighted by Gasteiger charge is 1.76. The van der Waals surface area contributed by atoms with Gasteiger partial charge in [-0.3, -0.25) is 0 Å². The molecule has 0 N–H and O–H groups in total. The summed E-state index contributed by atoms with van der Waals surface area (Å²) in [5.41, 5.74) is -0.296. The molecule has 6 heavy (non-hydrogen) atoms. The smallest absolute Gasteiger partial charge is 0.129 e. The average molecular weight is 77.1 g/mol. The van der Waals surface area contributed by atoms with E-state index in [4.69, 9.17) is 10.5 Å². The van der Waals surface area contributed by atoms with E-state index in [1.807, 2.05) is 0 Å². The molecule has 0 aliphatic carbocycles. The molecular weight excluding hydrogens is 76.1 g/mol. The molecule has 0 aromatic heterocycles. The quantitative estimate of drug-likeness (QED) is 0.393. The van der Waals surface area contributed by atoms with Crippen LogP contribution in [0.15, 0.2) is 5.57 Å². The van der Waals surface area contributed by atoms with Crippen LogP contribution in [0.4, 0.5) is 0 Å². The molecule has 0 aliphatic heterocycles. The van der Waals surface area contributed by atoms with Crippen molar-refractivity contribution in [3.8, 4) is 12.1 Å². The second-order valence-electron chi connectivity index (χ2n) is 0.637. The Hall–Kier alpha value is -1.28. The lowest BCUT2D eigenvalue weighted by Crippen LogP contribution is -1.59. The Bertz CT molecular complexity index is 117. The lowest BCUT2D eigenvalue weighted by Gasteiger charge is -1.58. The third-order valence-corrected chi connectivity index (χ3v) is 0.241. The van der Waals surface area contributed by atoms with E-state index in [0.29, 0.717) is 0 Å². The van der Waals surface area contributed by atoms with Crippen LogP contribution in [0.2, 0.25) is 0 Å². The van der Waals surface area contributed by atoms with E-state index < -0.39 is 0 Å². The van der Waals surface area contributed by atoms with Gasteiger partial charge in [0.15, 0.2) is 0 Å². The minimum atomic E-state index is -0.296. The first-order valence-corrected chi connectivity index (χ1v) is 1.24. The lowest BCUT2D eigenvalue weighted by molar-refractivity contribution is 1.47. The van der Waals surface area contributed by atoms with Gasteiger partial charge in [-0.2, -0.15) is 10.5 Å². The van der Waals surface area contributed by atoms with Crippen LogP contribution in [0, 0.1) is 29.2 Å². The number of hydrogen-bond acceptors (Lipinski definition) is 2. The van der Waals surface area contributed by atoms with Gasteiger partial charge in [0.05, 0.1) is 0 Å². The van der Waals surface area contributed by atoms with Crippen LogP contribution < -0.4 is 0 Å². The highest BCUT2D eigenvalue weighted by Crippen LogP contribution is 1.75. The molecule has 0 saturated heterocycles.